The van der Waals surface area contributed by atoms with E-state index in [9.17, 15) is 0 Å². The van der Waals surface area contributed by atoms with Crippen LogP contribution in [0.2, 0.25) is 5.02 Å². The van der Waals surface area contributed by atoms with Gasteiger partial charge in [0.15, 0.2) is 0 Å². The van der Waals surface area contributed by atoms with E-state index in [-0.39, 0.29) is 12.0 Å². The van der Waals surface area contributed by atoms with Crippen molar-refractivity contribution in [2.75, 3.05) is 13.7 Å². The van der Waals surface area contributed by atoms with Crippen LogP contribution in [-0.2, 0) is 10.6 Å². The Labute approximate surface area is 99.3 Å². The van der Waals surface area contributed by atoms with Crippen molar-refractivity contribution in [3.8, 4) is 5.88 Å². The molecule has 0 aromatic carbocycles. The molecule has 84 valence electrons. The average Bonchev–Trinajstić information content (AvgIpc) is 2.21. The van der Waals surface area contributed by atoms with E-state index < -0.39 is 0 Å². The first-order valence-corrected chi connectivity index (χ1v) is 5.45. The van der Waals surface area contributed by atoms with Crippen LogP contribution in [0.5, 0.6) is 5.88 Å². The molecular formula is C10H13Cl2NO2. The van der Waals surface area contributed by atoms with E-state index in [2.05, 4.69) is 4.98 Å². The second kappa shape index (κ2) is 6.16. The molecule has 1 atom stereocenters. The van der Waals surface area contributed by atoms with Crippen LogP contribution in [0.25, 0.3) is 0 Å². The molecule has 1 aromatic heterocycles. The van der Waals surface area contributed by atoms with Gasteiger partial charge in [-0.1, -0.05) is 11.6 Å². The minimum Gasteiger partial charge on any atom is -0.472 e. The van der Waals surface area contributed by atoms with Gasteiger partial charge in [0.05, 0.1) is 23.2 Å². The highest BCUT2D eigenvalue weighted by atomic mass is 35.5. The smallest absolute Gasteiger partial charge is 0.213 e. The van der Waals surface area contributed by atoms with E-state index in [4.69, 9.17) is 32.7 Å². The van der Waals surface area contributed by atoms with Gasteiger partial charge in [-0.15, -0.1) is 11.6 Å². The van der Waals surface area contributed by atoms with Crippen LogP contribution in [0, 0.1) is 0 Å². The van der Waals surface area contributed by atoms with Gasteiger partial charge in [0.2, 0.25) is 5.88 Å². The average molecular weight is 250 g/mol. The number of methoxy groups -OCH3 is 1. The Morgan fingerprint density at radius 2 is 2.20 bits per heavy atom. The summed E-state index contributed by atoms with van der Waals surface area (Å²) in [5.41, 5.74) is 0.625. The van der Waals surface area contributed by atoms with Crippen molar-refractivity contribution < 1.29 is 9.47 Å². The lowest BCUT2D eigenvalue weighted by molar-refractivity contribution is 0.0889. The van der Waals surface area contributed by atoms with Gasteiger partial charge in [0.1, 0.15) is 6.10 Å². The molecule has 0 aliphatic rings. The van der Waals surface area contributed by atoms with Gasteiger partial charge in [-0.3, -0.25) is 0 Å². The SMILES string of the molecule is COCC(C)Oc1ccc(Cl)c(CCl)n1. The third-order valence-electron chi connectivity index (χ3n) is 1.74. The Morgan fingerprint density at radius 1 is 1.47 bits per heavy atom. The summed E-state index contributed by atoms with van der Waals surface area (Å²) in [5, 5.41) is 0.553. The zero-order valence-electron chi connectivity index (χ0n) is 8.67. The molecule has 0 amide bonds. The fraction of sp³-hybridized carbons (Fsp3) is 0.500. The summed E-state index contributed by atoms with van der Waals surface area (Å²) in [5.74, 6) is 0.786. The van der Waals surface area contributed by atoms with Crippen LogP contribution in [0.1, 0.15) is 12.6 Å². The van der Waals surface area contributed by atoms with Crippen molar-refractivity contribution >= 4 is 23.2 Å². The molecule has 1 rings (SSSR count). The van der Waals surface area contributed by atoms with Gasteiger partial charge in [0, 0.05) is 13.2 Å². The monoisotopic (exact) mass is 249 g/mol. The Morgan fingerprint density at radius 3 is 2.80 bits per heavy atom. The highest BCUT2D eigenvalue weighted by molar-refractivity contribution is 6.32. The molecule has 5 heteroatoms. The second-order valence-corrected chi connectivity index (χ2v) is 3.77. The first-order chi connectivity index (χ1) is 7.17. The molecule has 0 radical (unpaired) electrons. The lowest BCUT2D eigenvalue weighted by Crippen LogP contribution is -2.18. The normalized spacial score (nSPS) is 12.5. The standard InChI is InChI=1S/C10H13Cl2NO2/c1-7(6-14-2)15-10-4-3-8(12)9(5-11)13-10/h3-4,7H,5-6H2,1-2H3. The van der Waals surface area contributed by atoms with Crippen LogP contribution >= 0.6 is 23.2 Å². The summed E-state index contributed by atoms with van der Waals surface area (Å²) in [6, 6.07) is 3.44. The van der Waals surface area contributed by atoms with Crippen molar-refractivity contribution in [2.24, 2.45) is 0 Å². The molecule has 0 N–H and O–H groups in total. The van der Waals surface area contributed by atoms with E-state index in [0.717, 1.165) is 0 Å². The van der Waals surface area contributed by atoms with Crippen molar-refractivity contribution in [1.29, 1.82) is 0 Å². The lowest BCUT2D eigenvalue weighted by Gasteiger charge is -2.13. The third-order valence-corrected chi connectivity index (χ3v) is 2.34. The van der Waals surface area contributed by atoms with E-state index >= 15 is 0 Å². The van der Waals surface area contributed by atoms with Crippen molar-refractivity contribution in [2.45, 2.75) is 18.9 Å². The Bertz CT molecular complexity index is 320. The molecule has 1 unspecified atom stereocenters. The van der Waals surface area contributed by atoms with Crippen LogP contribution in [-0.4, -0.2) is 24.8 Å². The van der Waals surface area contributed by atoms with Crippen LogP contribution in [0.15, 0.2) is 12.1 Å². The van der Waals surface area contributed by atoms with E-state index in [1.807, 2.05) is 6.92 Å². The highest BCUT2D eigenvalue weighted by Gasteiger charge is 2.07. The third kappa shape index (κ3) is 3.86. The fourth-order valence-electron chi connectivity index (χ4n) is 1.10. The summed E-state index contributed by atoms with van der Waals surface area (Å²) in [6.07, 6.45) is -0.0492. The number of rotatable bonds is 5. The van der Waals surface area contributed by atoms with Crippen molar-refractivity contribution in [3.63, 3.8) is 0 Å². The van der Waals surface area contributed by atoms with Crippen LogP contribution in [0.4, 0.5) is 0 Å². The molecule has 0 fully saturated rings. The quantitative estimate of drug-likeness (QED) is 0.753. The van der Waals surface area contributed by atoms with Crippen LogP contribution in [0.3, 0.4) is 0 Å². The molecule has 1 heterocycles. The maximum Gasteiger partial charge on any atom is 0.213 e. The van der Waals surface area contributed by atoms with Crippen molar-refractivity contribution in [3.05, 3.63) is 22.8 Å². The number of pyridine rings is 1. The molecule has 0 saturated carbocycles. The number of aromatic nitrogens is 1. The number of hydrogen-bond acceptors (Lipinski definition) is 3. The number of nitrogens with zero attached hydrogens (tertiary/aromatic N) is 1. The summed E-state index contributed by atoms with van der Waals surface area (Å²) in [6.45, 7) is 2.42. The van der Waals surface area contributed by atoms with Gasteiger partial charge in [-0.2, -0.15) is 0 Å². The summed E-state index contributed by atoms with van der Waals surface area (Å²) in [4.78, 5) is 4.17. The molecule has 0 aliphatic carbocycles. The van der Waals surface area contributed by atoms with Gasteiger partial charge in [-0.05, 0) is 13.0 Å². The summed E-state index contributed by atoms with van der Waals surface area (Å²) in [7, 11) is 1.62. The molecule has 0 spiro atoms. The maximum absolute atomic E-state index is 5.87. The van der Waals surface area contributed by atoms with E-state index in [1.54, 1.807) is 19.2 Å². The fourth-order valence-corrected chi connectivity index (χ4v) is 1.54. The van der Waals surface area contributed by atoms with Gasteiger partial charge < -0.3 is 9.47 Å². The van der Waals surface area contributed by atoms with Gasteiger partial charge in [-0.25, -0.2) is 4.98 Å². The zero-order chi connectivity index (χ0) is 11.3. The molecule has 1 aromatic rings. The minimum absolute atomic E-state index is 0.0492. The Hall–Kier alpha value is -0.510. The molecule has 0 saturated heterocycles. The number of ether oxygens (including phenoxy) is 2. The second-order valence-electron chi connectivity index (χ2n) is 3.10. The molecular weight excluding hydrogens is 237 g/mol. The Balaban J connectivity index is 2.69. The molecule has 15 heavy (non-hydrogen) atoms. The summed E-state index contributed by atoms with van der Waals surface area (Å²) >= 11 is 11.5. The van der Waals surface area contributed by atoms with E-state index in [0.29, 0.717) is 23.2 Å². The Kier molecular flexibility index (Phi) is 5.15. The predicted octanol–water partition coefficient (Wildman–Crippen LogP) is 2.89. The zero-order valence-corrected chi connectivity index (χ0v) is 10.2. The van der Waals surface area contributed by atoms with Crippen LogP contribution < -0.4 is 4.74 Å². The first kappa shape index (κ1) is 12.6. The molecule has 3 nitrogen and oxygen atoms in total. The number of hydrogen-bond donors (Lipinski definition) is 0. The lowest BCUT2D eigenvalue weighted by atomic mass is 10.3. The summed E-state index contributed by atoms with van der Waals surface area (Å²) < 4.78 is 10.5. The minimum atomic E-state index is -0.0492. The first-order valence-electron chi connectivity index (χ1n) is 4.54. The highest BCUT2D eigenvalue weighted by Crippen LogP contribution is 2.20. The topological polar surface area (TPSA) is 31.4 Å². The molecule has 0 bridgehead atoms. The largest absolute Gasteiger partial charge is 0.472 e. The van der Waals surface area contributed by atoms with Crippen molar-refractivity contribution in [1.82, 2.24) is 4.98 Å². The van der Waals surface area contributed by atoms with E-state index in [1.165, 1.54) is 0 Å². The number of halogens is 2. The number of alkyl halides is 1. The molecule has 0 aliphatic heterocycles. The maximum atomic E-state index is 5.87. The predicted molar refractivity (Wildman–Crippen MR) is 60.8 cm³/mol. The van der Waals surface area contributed by atoms with Gasteiger partial charge in [0.25, 0.3) is 0 Å². The van der Waals surface area contributed by atoms with Gasteiger partial charge >= 0.3 is 0 Å².